The minimum absolute atomic E-state index is 0. The first-order valence-corrected chi connectivity index (χ1v) is 10.1. The number of benzene rings is 2. The maximum absolute atomic E-state index is 12.8. The van der Waals surface area contributed by atoms with Crippen molar-refractivity contribution in [3.8, 4) is 5.75 Å². The third-order valence-corrected chi connectivity index (χ3v) is 5.80. The summed E-state index contributed by atoms with van der Waals surface area (Å²) in [4.78, 5) is 34.8. The van der Waals surface area contributed by atoms with E-state index in [1.807, 2.05) is 24.3 Å². The molecule has 8 nitrogen and oxygen atoms in total. The molecule has 1 fully saturated rings. The number of imidazole rings is 1. The van der Waals surface area contributed by atoms with Crippen LogP contribution in [0.25, 0.3) is 11.0 Å². The zero-order valence-corrected chi connectivity index (χ0v) is 17.9. The summed E-state index contributed by atoms with van der Waals surface area (Å²) in [6.45, 7) is 0.859. The molecule has 5 rings (SSSR count). The van der Waals surface area contributed by atoms with Crippen LogP contribution in [0.2, 0.25) is 0 Å². The average molecular weight is 442 g/mol. The Morgan fingerprint density at radius 3 is 2.94 bits per heavy atom. The van der Waals surface area contributed by atoms with Gasteiger partial charge in [0.05, 0.1) is 22.8 Å². The van der Waals surface area contributed by atoms with Gasteiger partial charge in [0.1, 0.15) is 11.6 Å². The number of halogens is 1. The summed E-state index contributed by atoms with van der Waals surface area (Å²) in [6, 6.07) is 13.2. The van der Waals surface area contributed by atoms with E-state index in [-0.39, 0.29) is 42.9 Å². The number of ether oxygens (including phenoxy) is 1. The summed E-state index contributed by atoms with van der Waals surface area (Å²) in [6.07, 6.45) is 1.64. The predicted molar refractivity (Wildman–Crippen MR) is 120 cm³/mol. The molecule has 1 aromatic heterocycles. The van der Waals surface area contributed by atoms with Crippen LogP contribution in [0.5, 0.6) is 5.75 Å². The molecule has 0 radical (unpaired) electrons. The van der Waals surface area contributed by atoms with Gasteiger partial charge in [0.2, 0.25) is 0 Å². The molecule has 2 aliphatic rings. The smallest absolute Gasteiger partial charge is 0.262 e. The van der Waals surface area contributed by atoms with E-state index in [2.05, 4.69) is 27.6 Å². The molecule has 162 valence electrons. The second-order valence-electron chi connectivity index (χ2n) is 7.88. The lowest BCUT2D eigenvalue weighted by Gasteiger charge is -2.36. The van der Waals surface area contributed by atoms with E-state index in [1.165, 1.54) is 0 Å². The first-order valence-electron chi connectivity index (χ1n) is 10.1. The van der Waals surface area contributed by atoms with Crippen LogP contribution in [0.1, 0.15) is 35.1 Å². The molecular formula is C22H24ClN5O3. The Morgan fingerprint density at radius 1 is 1.26 bits per heavy atom. The Bertz CT molecular complexity index is 1100. The van der Waals surface area contributed by atoms with Gasteiger partial charge in [-0.1, -0.05) is 12.1 Å². The fourth-order valence-corrected chi connectivity index (χ4v) is 4.16. The minimum Gasteiger partial charge on any atom is -0.482 e. The van der Waals surface area contributed by atoms with Crippen LogP contribution in [-0.4, -0.2) is 52.9 Å². The molecule has 2 aliphatic heterocycles. The number of rotatable bonds is 3. The second-order valence-corrected chi connectivity index (χ2v) is 7.88. The van der Waals surface area contributed by atoms with Crippen LogP contribution in [0, 0.1) is 0 Å². The zero-order chi connectivity index (χ0) is 20.7. The fraction of sp³-hybridized carbons (Fsp3) is 0.318. The molecule has 2 aromatic carbocycles. The van der Waals surface area contributed by atoms with Crippen molar-refractivity contribution in [3.05, 3.63) is 53.9 Å². The maximum Gasteiger partial charge on any atom is 0.262 e. The van der Waals surface area contributed by atoms with E-state index in [0.29, 0.717) is 17.0 Å². The normalized spacial score (nSPS) is 20.9. The number of likely N-dealkylation sites (tertiary alicyclic amines) is 1. The first kappa shape index (κ1) is 21.1. The number of piperidine rings is 1. The van der Waals surface area contributed by atoms with Crippen LogP contribution in [0.4, 0.5) is 5.69 Å². The number of para-hydroxylation sites is 2. The van der Waals surface area contributed by atoms with Gasteiger partial charge in [-0.05, 0) is 50.2 Å². The quantitative estimate of drug-likeness (QED) is 0.580. The number of hydrogen-bond donors (Lipinski definition) is 3. The van der Waals surface area contributed by atoms with E-state index >= 15 is 0 Å². The Kier molecular flexibility index (Phi) is 5.84. The number of carbonyl (C=O) groups is 2. The number of carbonyl (C=O) groups excluding carboxylic acids is 2. The average Bonchev–Trinajstić information content (AvgIpc) is 3.18. The number of aromatic amines is 1. The van der Waals surface area contributed by atoms with Crippen LogP contribution < -0.4 is 15.4 Å². The number of amides is 2. The molecule has 31 heavy (non-hydrogen) atoms. The molecule has 0 saturated carbocycles. The van der Waals surface area contributed by atoms with Crippen molar-refractivity contribution >= 4 is 40.9 Å². The first-order chi connectivity index (χ1) is 14.6. The monoisotopic (exact) mass is 441 g/mol. The maximum atomic E-state index is 12.8. The van der Waals surface area contributed by atoms with Crippen LogP contribution >= 0.6 is 12.4 Å². The van der Waals surface area contributed by atoms with E-state index in [0.717, 1.165) is 36.2 Å². The molecule has 0 unspecified atom stereocenters. The van der Waals surface area contributed by atoms with Crippen LogP contribution in [0.15, 0.2) is 42.5 Å². The van der Waals surface area contributed by atoms with E-state index < -0.39 is 0 Å². The highest BCUT2D eigenvalue weighted by Crippen LogP contribution is 2.31. The van der Waals surface area contributed by atoms with Gasteiger partial charge in [0, 0.05) is 18.2 Å². The van der Waals surface area contributed by atoms with Crippen molar-refractivity contribution in [1.82, 2.24) is 20.2 Å². The van der Waals surface area contributed by atoms with Gasteiger partial charge in [-0.2, -0.15) is 0 Å². The van der Waals surface area contributed by atoms with Crippen molar-refractivity contribution in [3.63, 3.8) is 0 Å². The highest BCUT2D eigenvalue weighted by molar-refractivity contribution is 6.00. The third-order valence-electron chi connectivity index (χ3n) is 5.80. The topological polar surface area (TPSA) is 99.3 Å². The molecule has 0 aliphatic carbocycles. The summed E-state index contributed by atoms with van der Waals surface area (Å²) in [5.74, 6) is 1.13. The Labute approximate surface area is 185 Å². The van der Waals surface area contributed by atoms with Crippen molar-refractivity contribution < 1.29 is 14.3 Å². The lowest BCUT2D eigenvalue weighted by Crippen LogP contribution is -2.45. The number of nitrogens with zero attached hydrogens (tertiary/aromatic N) is 2. The van der Waals surface area contributed by atoms with Gasteiger partial charge >= 0.3 is 0 Å². The number of aromatic nitrogens is 2. The fourth-order valence-electron chi connectivity index (χ4n) is 4.16. The van der Waals surface area contributed by atoms with Gasteiger partial charge in [-0.3, -0.25) is 14.5 Å². The van der Waals surface area contributed by atoms with Crippen LogP contribution in [-0.2, 0) is 4.79 Å². The highest BCUT2D eigenvalue weighted by atomic mass is 35.5. The lowest BCUT2D eigenvalue weighted by molar-refractivity contribution is -0.118. The standard InChI is InChI=1S/C22H23N5O3.ClH/c1-27-9-8-14(11-18(27)21-25-15-4-2-3-5-16(15)26-21)23-22(29)13-6-7-19-17(10-13)24-20(28)12-30-19;/h2-7,10,14,18H,8-9,11-12H2,1H3,(H,23,29)(H,24,28)(H,25,26);1H/t14-,18-;/m1./s1. The van der Waals surface area contributed by atoms with Crippen molar-refractivity contribution in [2.75, 3.05) is 25.5 Å². The second kappa shape index (κ2) is 8.56. The number of hydrogen-bond acceptors (Lipinski definition) is 5. The molecule has 3 heterocycles. The third kappa shape index (κ3) is 4.22. The molecule has 1 saturated heterocycles. The van der Waals surface area contributed by atoms with Crippen molar-refractivity contribution in [2.24, 2.45) is 0 Å². The van der Waals surface area contributed by atoms with E-state index in [1.54, 1.807) is 18.2 Å². The Balaban J connectivity index is 0.00000231. The van der Waals surface area contributed by atoms with Gasteiger partial charge in [0.25, 0.3) is 11.8 Å². The minimum atomic E-state index is -0.218. The molecule has 9 heteroatoms. The molecular weight excluding hydrogens is 418 g/mol. The van der Waals surface area contributed by atoms with Gasteiger partial charge < -0.3 is 20.4 Å². The number of fused-ring (bicyclic) bond motifs is 2. The molecule has 3 N–H and O–H groups in total. The van der Waals surface area contributed by atoms with Crippen molar-refractivity contribution in [1.29, 1.82) is 0 Å². The Hall–Kier alpha value is -3.10. The summed E-state index contributed by atoms with van der Waals surface area (Å²) in [7, 11) is 2.09. The molecule has 0 bridgehead atoms. The number of anilines is 1. The van der Waals surface area contributed by atoms with Crippen LogP contribution in [0.3, 0.4) is 0 Å². The summed E-state index contributed by atoms with van der Waals surface area (Å²) in [5.41, 5.74) is 3.00. The van der Waals surface area contributed by atoms with Gasteiger partial charge in [-0.15, -0.1) is 12.4 Å². The summed E-state index contributed by atoms with van der Waals surface area (Å²) >= 11 is 0. The van der Waals surface area contributed by atoms with E-state index in [4.69, 9.17) is 9.72 Å². The van der Waals surface area contributed by atoms with E-state index in [9.17, 15) is 9.59 Å². The highest BCUT2D eigenvalue weighted by Gasteiger charge is 2.30. The lowest BCUT2D eigenvalue weighted by atomic mass is 9.96. The molecule has 2 amide bonds. The molecule has 3 aromatic rings. The molecule has 0 spiro atoms. The van der Waals surface area contributed by atoms with Gasteiger partial charge in [-0.25, -0.2) is 4.98 Å². The van der Waals surface area contributed by atoms with Gasteiger partial charge in [0.15, 0.2) is 6.61 Å². The van der Waals surface area contributed by atoms with Crippen molar-refractivity contribution in [2.45, 2.75) is 24.9 Å². The summed E-state index contributed by atoms with van der Waals surface area (Å²) < 4.78 is 5.36. The Morgan fingerprint density at radius 2 is 2.10 bits per heavy atom. The molecule has 2 atom stereocenters. The number of nitrogens with one attached hydrogen (secondary N) is 3. The summed E-state index contributed by atoms with van der Waals surface area (Å²) in [5, 5.41) is 5.89. The predicted octanol–water partition coefficient (Wildman–Crippen LogP) is 2.88. The largest absolute Gasteiger partial charge is 0.482 e. The number of H-pyrrole nitrogens is 1. The SMILES string of the molecule is CN1CC[C@@H](NC(=O)c2ccc3c(c2)NC(=O)CO3)C[C@@H]1c1nc2ccccc2[nH]1.Cl. The zero-order valence-electron chi connectivity index (χ0n) is 17.1.